The second kappa shape index (κ2) is 8.20. The van der Waals surface area contributed by atoms with Gasteiger partial charge in [0.1, 0.15) is 11.5 Å². The van der Waals surface area contributed by atoms with E-state index in [1.807, 2.05) is 18.3 Å². The number of nitrogens with one attached hydrogen (secondary N) is 3. The molecule has 2 fully saturated rings. The van der Waals surface area contributed by atoms with Gasteiger partial charge in [0.15, 0.2) is 0 Å². The van der Waals surface area contributed by atoms with E-state index in [4.69, 9.17) is 0 Å². The van der Waals surface area contributed by atoms with Gasteiger partial charge in [-0.2, -0.15) is 0 Å². The summed E-state index contributed by atoms with van der Waals surface area (Å²) in [6, 6.07) is 12.6. The fourth-order valence-corrected chi connectivity index (χ4v) is 4.92. The Labute approximate surface area is 177 Å². The number of aromatic nitrogens is 2. The molecule has 0 spiro atoms. The van der Waals surface area contributed by atoms with Crippen molar-refractivity contribution >= 4 is 33.7 Å². The van der Waals surface area contributed by atoms with Crippen molar-refractivity contribution in [3.05, 3.63) is 48.2 Å². The Morgan fingerprint density at radius 2 is 1.93 bits per heavy atom. The van der Waals surface area contributed by atoms with Crippen molar-refractivity contribution < 1.29 is 9.00 Å². The summed E-state index contributed by atoms with van der Waals surface area (Å²) >= 11 is 0. The molecule has 5 rings (SSSR count). The number of pyridine rings is 1. The lowest BCUT2D eigenvalue weighted by Gasteiger charge is -2.26. The number of aromatic amines is 1. The van der Waals surface area contributed by atoms with Gasteiger partial charge < -0.3 is 10.3 Å². The Morgan fingerprint density at radius 1 is 1.17 bits per heavy atom. The molecule has 7 nitrogen and oxygen atoms in total. The summed E-state index contributed by atoms with van der Waals surface area (Å²) in [6.07, 6.45) is 3.96. The second-order valence-corrected chi connectivity index (χ2v) is 9.69. The van der Waals surface area contributed by atoms with E-state index in [0.29, 0.717) is 11.9 Å². The zero-order chi connectivity index (χ0) is 20.5. The molecule has 156 valence electrons. The lowest BCUT2D eigenvalue weighted by molar-refractivity contribution is 0.251. The summed E-state index contributed by atoms with van der Waals surface area (Å²) < 4.78 is 11.5. The molecule has 0 bridgehead atoms. The molecular weight excluding hydrogens is 398 g/mol. The molecule has 1 saturated heterocycles. The number of urea groups is 1. The van der Waals surface area contributed by atoms with E-state index in [1.165, 1.54) is 5.56 Å². The molecule has 1 aliphatic carbocycles. The van der Waals surface area contributed by atoms with Crippen LogP contribution in [0.15, 0.2) is 42.6 Å². The highest BCUT2D eigenvalue weighted by Gasteiger charge is 2.23. The van der Waals surface area contributed by atoms with Crippen LogP contribution in [0.25, 0.3) is 22.2 Å². The van der Waals surface area contributed by atoms with Gasteiger partial charge >= 0.3 is 6.03 Å². The molecule has 30 heavy (non-hydrogen) atoms. The number of carbonyl (C=O) groups is 1. The van der Waals surface area contributed by atoms with Crippen LogP contribution < -0.4 is 10.6 Å². The monoisotopic (exact) mass is 423 g/mol. The fourth-order valence-electron chi connectivity index (χ4n) is 3.79. The maximum atomic E-state index is 12.1. The maximum Gasteiger partial charge on any atom is 0.320 e. The van der Waals surface area contributed by atoms with Gasteiger partial charge in [0.2, 0.25) is 0 Å². The highest BCUT2D eigenvalue weighted by molar-refractivity contribution is 7.85. The minimum absolute atomic E-state index is 0.209. The minimum Gasteiger partial charge on any atom is -0.346 e. The third kappa shape index (κ3) is 4.39. The molecule has 2 aliphatic rings. The average Bonchev–Trinajstić information content (AvgIpc) is 3.42. The third-order valence-corrected chi connectivity index (χ3v) is 6.90. The lowest BCUT2D eigenvalue weighted by Crippen LogP contribution is -2.37. The van der Waals surface area contributed by atoms with E-state index in [2.05, 4.69) is 49.8 Å². The number of nitrogens with zero attached hydrogens (tertiary/aromatic N) is 2. The molecule has 0 radical (unpaired) electrons. The fraction of sp³-hybridized carbons (Fsp3) is 0.364. The zero-order valence-corrected chi connectivity index (χ0v) is 17.5. The first-order chi connectivity index (χ1) is 14.6. The standard InChI is InChI=1S/C22H25N5O2S/c28-22(24-17-5-6-17)26-20-13-19(18-7-8-23-21(18)25-20)16-3-1-15(2-4-16)14-27-9-11-30(29)12-10-27/h1-4,7-8,13,17H,5-6,9-12,14H2,(H3,23,24,25,26,28). The van der Waals surface area contributed by atoms with Gasteiger partial charge in [0.05, 0.1) is 0 Å². The van der Waals surface area contributed by atoms with Crippen LogP contribution >= 0.6 is 0 Å². The van der Waals surface area contributed by atoms with Gasteiger partial charge in [0, 0.05) is 59.6 Å². The number of hydrogen-bond acceptors (Lipinski definition) is 4. The Morgan fingerprint density at radius 3 is 2.67 bits per heavy atom. The Hall–Kier alpha value is -2.71. The molecule has 0 unspecified atom stereocenters. The van der Waals surface area contributed by atoms with Crippen molar-refractivity contribution in [1.29, 1.82) is 0 Å². The number of H-pyrrole nitrogens is 1. The van der Waals surface area contributed by atoms with Crippen LogP contribution in [0.4, 0.5) is 10.6 Å². The third-order valence-electron chi connectivity index (χ3n) is 5.62. The topological polar surface area (TPSA) is 90.1 Å². The first-order valence-corrected chi connectivity index (χ1v) is 11.9. The van der Waals surface area contributed by atoms with Crippen molar-refractivity contribution in [1.82, 2.24) is 20.2 Å². The predicted molar refractivity (Wildman–Crippen MR) is 120 cm³/mol. The summed E-state index contributed by atoms with van der Waals surface area (Å²) in [4.78, 5) is 22.2. The van der Waals surface area contributed by atoms with E-state index >= 15 is 0 Å². The number of rotatable bonds is 5. The molecule has 8 heteroatoms. The molecular formula is C22H25N5O2S. The van der Waals surface area contributed by atoms with Crippen molar-refractivity contribution in [2.75, 3.05) is 29.9 Å². The van der Waals surface area contributed by atoms with E-state index in [0.717, 1.165) is 66.1 Å². The van der Waals surface area contributed by atoms with Crippen molar-refractivity contribution in [2.45, 2.75) is 25.4 Å². The van der Waals surface area contributed by atoms with Crippen LogP contribution in [0.2, 0.25) is 0 Å². The lowest BCUT2D eigenvalue weighted by atomic mass is 10.0. The summed E-state index contributed by atoms with van der Waals surface area (Å²) in [7, 11) is -0.649. The molecule has 1 aromatic carbocycles. The van der Waals surface area contributed by atoms with Crippen molar-refractivity contribution in [3.63, 3.8) is 0 Å². The van der Waals surface area contributed by atoms with E-state index < -0.39 is 10.8 Å². The van der Waals surface area contributed by atoms with Crippen LogP contribution in [0, 0.1) is 0 Å². The number of benzene rings is 1. The molecule has 1 saturated carbocycles. The van der Waals surface area contributed by atoms with Crippen LogP contribution in [-0.2, 0) is 17.3 Å². The first-order valence-electron chi connectivity index (χ1n) is 10.4. The van der Waals surface area contributed by atoms with E-state index in [1.54, 1.807) is 0 Å². The normalized spacial score (nSPS) is 17.9. The van der Waals surface area contributed by atoms with Gasteiger partial charge in [-0.3, -0.25) is 14.4 Å². The molecule has 1 aliphatic heterocycles. The number of anilines is 1. The molecule has 3 N–H and O–H groups in total. The summed E-state index contributed by atoms with van der Waals surface area (Å²) in [5.74, 6) is 2.07. The van der Waals surface area contributed by atoms with Crippen LogP contribution in [-0.4, -0.2) is 55.7 Å². The molecule has 2 amide bonds. The van der Waals surface area contributed by atoms with E-state index in [9.17, 15) is 9.00 Å². The zero-order valence-electron chi connectivity index (χ0n) is 16.7. The maximum absolute atomic E-state index is 12.1. The quantitative estimate of drug-likeness (QED) is 0.588. The number of hydrogen-bond donors (Lipinski definition) is 3. The molecule has 0 atom stereocenters. The van der Waals surface area contributed by atoms with Gasteiger partial charge in [-0.05, 0) is 41.7 Å². The Bertz CT molecular complexity index is 1080. The predicted octanol–water partition coefficient (Wildman–Crippen LogP) is 3.08. The van der Waals surface area contributed by atoms with E-state index in [-0.39, 0.29) is 6.03 Å². The van der Waals surface area contributed by atoms with Gasteiger partial charge in [-0.15, -0.1) is 0 Å². The van der Waals surface area contributed by atoms with Crippen molar-refractivity contribution in [2.24, 2.45) is 0 Å². The summed E-state index contributed by atoms with van der Waals surface area (Å²) in [5, 5.41) is 6.81. The van der Waals surface area contributed by atoms with Gasteiger partial charge in [-0.1, -0.05) is 24.3 Å². The SMILES string of the molecule is O=C(Nc1cc(-c2ccc(CN3CCS(=O)CC3)cc2)c2cc[nH]c2n1)NC1CC1. The Kier molecular flexibility index (Phi) is 5.26. The highest BCUT2D eigenvalue weighted by Crippen LogP contribution is 2.30. The average molecular weight is 424 g/mol. The smallest absolute Gasteiger partial charge is 0.320 e. The molecule has 3 heterocycles. The van der Waals surface area contributed by atoms with Crippen LogP contribution in [0.5, 0.6) is 0 Å². The largest absolute Gasteiger partial charge is 0.346 e. The van der Waals surface area contributed by atoms with Crippen LogP contribution in [0.1, 0.15) is 18.4 Å². The van der Waals surface area contributed by atoms with Crippen molar-refractivity contribution in [3.8, 4) is 11.1 Å². The van der Waals surface area contributed by atoms with Gasteiger partial charge in [0.25, 0.3) is 0 Å². The first kappa shape index (κ1) is 19.3. The van der Waals surface area contributed by atoms with Gasteiger partial charge in [-0.25, -0.2) is 9.78 Å². The summed E-state index contributed by atoms with van der Waals surface area (Å²) in [6.45, 7) is 2.66. The molecule has 3 aromatic rings. The van der Waals surface area contributed by atoms with Crippen LogP contribution in [0.3, 0.4) is 0 Å². The second-order valence-electron chi connectivity index (χ2n) is 7.99. The Balaban J connectivity index is 1.36. The highest BCUT2D eigenvalue weighted by atomic mass is 32.2. The molecule has 2 aromatic heterocycles. The summed E-state index contributed by atoms with van der Waals surface area (Å²) in [5.41, 5.74) is 4.10. The minimum atomic E-state index is -0.649. The number of amides is 2. The number of fused-ring (bicyclic) bond motifs is 1. The number of carbonyl (C=O) groups excluding carboxylic acids is 1.